The molecule has 1 amide bonds. The third kappa shape index (κ3) is 2.66. The number of likely N-dealkylation sites (N-methyl/N-ethyl adjacent to an activating group) is 1. The highest BCUT2D eigenvalue weighted by Crippen LogP contribution is 2.22. The number of hydrogen-bond acceptors (Lipinski definition) is 5. The molecule has 86 valence electrons. The van der Waals surface area contributed by atoms with Crippen molar-refractivity contribution in [1.29, 1.82) is 0 Å². The predicted octanol–water partition coefficient (Wildman–Crippen LogP) is 0.536. The first-order valence-corrected chi connectivity index (χ1v) is 4.62. The Kier molecular flexibility index (Phi) is 3.76. The Morgan fingerprint density at radius 3 is 2.88 bits per heavy atom. The lowest BCUT2D eigenvalue weighted by Crippen LogP contribution is -2.35. The highest BCUT2D eigenvalue weighted by molar-refractivity contribution is 5.84. The van der Waals surface area contributed by atoms with Crippen LogP contribution in [0.25, 0.3) is 0 Å². The van der Waals surface area contributed by atoms with Gasteiger partial charge in [-0.25, -0.2) is 0 Å². The number of carbonyl (C=O) groups excluding carboxylic acids is 1. The first-order chi connectivity index (χ1) is 7.56. The van der Waals surface area contributed by atoms with Crippen LogP contribution in [0.2, 0.25) is 0 Å². The number of hydrogen-bond donors (Lipinski definition) is 2. The van der Waals surface area contributed by atoms with E-state index in [9.17, 15) is 14.9 Å². The first kappa shape index (κ1) is 11.9. The minimum absolute atomic E-state index is 0.154. The highest BCUT2D eigenvalue weighted by Gasteiger charge is 2.17. The number of pyridine rings is 1. The van der Waals surface area contributed by atoms with Crippen molar-refractivity contribution in [3.05, 3.63) is 28.6 Å². The average molecular weight is 224 g/mol. The standard InChI is InChI=1S/C9H12N4O3/c1-6(9(14)10-2)12-7-3-4-11-5-8(7)13(15)16/h3-6H,1-2H3,(H,10,14)(H,11,12). The summed E-state index contributed by atoms with van der Waals surface area (Å²) in [6, 6.07) is 0.906. The lowest BCUT2D eigenvalue weighted by atomic mass is 10.2. The molecule has 1 unspecified atom stereocenters. The summed E-state index contributed by atoms with van der Waals surface area (Å²) in [5.41, 5.74) is 0.120. The molecule has 2 N–H and O–H groups in total. The fourth-order valence-corrected chi connectivity index (χ4v) is 1.17. The van der Waals surface area contributed by atoms with E-state index in [1.54, 1.807) is 6.92 Å². The van der Waals surface area contributed by atoms with Crippen molar-refractivity contribution < 1.29 is 9.72 Å². The largest absolute Gasteiger partial charge is 0.368 e. The van der Waals surface area contributed by atoms with Crippen molar-refractivity contribution in [2.75, 3.05) is 12.4 Å². The second kappa shape index (κ2) is 5.06. The van der Waals surface area contributed by atoms with E-state index in [1.807, 2.05) is 0 Å². The SMILES string of the molecule is CNC(=O)C(C)Nc1ccncc1[N+](=O)[O-]. The van der Waals surface area contributed by atoms with E-state index in [2.05, 4.69) is 15.6 Å². The predicted molar refractivity (Wildman–Crippen MR) is 58.0 cm³/mol. The van der Waals surface area contributed by atoms with Crippen LogP contribution in [0.5, 0.6) is 0 Å². The Morgan fingerprint density at radius 1 is 1.62 bits per heavy atom. The maximum atomic E-state index is 11.2. The molecule has 0 bridgehead atoms. The quantitative estimate of drug-likeness (QED) is 0.574. The van der Waals surface area contributed by atoms with E-state index in [4.69, 9.17) is 0 Å². The summed E-state index contributed by atoms with van der Waals surface area (Å²) in [6.45, 7) is 1.61. The Hall–Kier alpha value is -2.18. The van der Waals surface area contributed by atoms with Crippen LogP contribution in [-0.2, 0) is 4.79 Å². The summed E-state index contributed by atoms with van der Waals surface area (Å²) in [5, 5.41) is 15.9. The van der Waals surface area contributed by atoms with Gasteiger partial charge in [0.05, 0.1) is 4.92 Å². The van der Waals surface area contributed by atoms with Crippen molar-refractivity contribution in [2.24, 2.45) is 0 Å². The molecular formula is C9H12N4O3. The van der Waals surface area contributed by atoms with Gasteiger partial charge in [-0.2, -0.15) is 0 Å². The van der Waals surface area contributed by atoms with Gasteiger partial charge in [-0.3, -0.25) is 19.9 Å². The minimum Gasteiger partial charge on any atom is -0.368 e. The molecule has 1 heterocycles. The number of carbonyl (C=O) groups is 1. The van der Waals surface area contributed by atoms with E-state index in [0.717, 1.165) is 6.20 Å². The van der Waals surface area contributed by atoms with Crippen LogP contribution in [0.4, 0.5) is 11.4 Å². The van der Waals surface area contributed by atoms with Gasteiger partial charge in [0.25, 0.3) is 0 Å². The van der Waals surface area contributed by atoms with Crippen molar-refractivity contribution in [2.45, 2.75) is 13.0 Å². The molecule has 7 heteroatoms. The molecule has 1 atom stereocenters. The Morgan fingerprint density at radius 2 is 2.31 bits per heavy atom. The van der Waals surface area contributed by atoms with E-state index in [0.29, 0.717) is 0 Å². The third-order valence-corrected chi connectivity index (χ3v) is 2.01. The lowest BCUT2D eigenvalue weighted by Gasteiger charge is -2.13. The second-order valence-corrected chi connectivity index (χ2v) is 3.13. The zero-order valence-electron chi connectivity index (χ0n) is 8.93. The van der Waals surface area contributed by atoms with Gasteiger partial charge in [-0.1, -0.05) is 0 Å². The molecule has 0 radical (unpaired) electrons. The summed E-state index contributed by atoms with van der Waals surface area (Å²) < 4.78 is 0. The van der Waals surface area contributed by atoms with Gasteiger partial charge in [0.15, 0.2) is 0 Å². The number of amides is 1. The zero-order chi connectivity index (χ0) is 12.1. The van der Waals surface area contributed by atoms with Crippen LogP contribution in [0.15, 0.2) is 18.5 Å². The Balaban J connectivity index is 2.88. The third-order valence-electron chi connectivity index (χ3n) is 2.01. The fourth-order valence-electron chi connectivity index (χ4n) is 1.17. The molecule has 0 saturated carbocycles. The van der Waals surface area contributed by atoms with Crippen LogP contribution < -0.4 is 10.6 Å². The Labute approximate surface area is 92.0 Å². The van der Waals surface area contributed by atoms with Crippen molar-refractivity contribution in [3.8, 4) is 0 Å². The maximum absolute atomic E-state index is 11.2. The van der Waals surface area contributed by atoms with E-state index in [-0.39, 0.29) is 17.3 Å². The highest BCUT2D eigenvalue weighted by atomic mass is 16.6. The number of rotatable bonds is 4. The molecular weight excluding hydrogens is 212 g/mol. The van der Waals surface area contributed by atoms with Gasteiger partial charge in [0.2, 0.25) is 5.91 Å². The van der Waals surface area contributed by atoms with E-state index >= 15 is 0 Å². The van der Waals surface area contributed by atoms with Crippen LogP contribution in [0.3, 0.4) is 0 Å². The van der Waals surface area contributed by atoms with Gasteiger partial charge in [0, 0.05) is 13.2 Å². The monoisotopic (exact) mass is 224 g/mol. The molecule has 1 rings (SSSR count). The minimum atomic E-state index is -0.550. The molecule has 0 spiro atoms. The van der Waals surface area contributed by atoms with Crippen LogP contribution in [0.1, 0.15) is 6.92 Å². The summed E-state index contributed by atoms with van der Waals surface area (Å²) in [7, 11) is 1.50. The normalized spacial score (nSPS) is 11.6. The lowest BCUT2D eigenvalue weighted by molar-refractivity contribution is -0.384. The molecule has 7 nitrogen and oxygen atoms in total. The van der Waals surface area contributed by atoms with E-state index in [1.165, 1.54) is 19.3 Å². The zero-order valence-corrected chi connectivity index (χ0v) is 8.93. The topological polar surface area (TPSA) is 97.2 Å². The van der Waals surface area contributed by atoms with Crippen molar-refractivity contribution in [3.63, 3.8) is 0 Å². The van der Waals surface area contributed by atoms with Gasteiger partial charge in [-0.15, -0.1) is 0 Å². The molecule has 0 aliphatic carbocycles. The van der Waals surface area contributed by atoms with E-state index < -0.39 is 11.0 Å². The number of nitrogens with zero attached hydrogens (tertiary/aromatic N) is 2. The molecule has 1 aromatic rings. The number of aromatic nitrogens is 1. The summed E-state index contributed by atoms with van der Waals surface area (Å²) in [6.07, 6.45) is 2.56. The molecule has 0 saturated heterocycles. The molecule has 0 aromatic carbocycles. The summed E-state index contributed by atoms with van der Waals surface area (Å²) in [5.74, 6) is -0.244. The Bertz CT molecular complexity index is 407. The average Bonchev–Trinajstić information content (AvgIpc) is 2.28. The van der Waals surface area contributed by atoms with Gasteiger partial charge >= 0.3 is 5.69 Å². The number of anilines is 1. The van der Waals surface area contributed by atoms with Gasteiger partial charge in [0.1, 0.15) is 17.9 Å². The number of nitro groups is 1. The van der Waals surface area contributed by atoms with Gasteiger partial charge < -0.3 is 10.6 Å². The molecule has 1 aromatic heterocycles. The first-order valence-electron chi connectivity index (χ1n) is 4.62. The summed E-state index contributed by atoms with van der Waals surface area (Å²) in [4.78, 5) is 25.0. The molecule has 0 fully saturated rings. The van der Waals surface area contributed by atoms with Gasteiger partial charge in [-0.05, 0) is 13.0 Å². The van der Waals surface area contributed by atoms with Crippen LogP contribution in [-0.4, -0.2) is 28.9 Å². The smallest absolute Gasteiger partial charge is 0.310 e. The summed E-state index contributed by atoms with van der Waals surface area (Å²) >= 11 is 0. The van der Waals surface area contributed by atoms with Crippen LogP contribution in [0, 0.1) is 10.1 Å². The van der Waals surface area contributed by atoms with Crippen molar-refractivity contribution >= 4 is 17.3 Å². The number of nitrogens with one attached hydrogen (secondary N) is 2. The second-order valence-electron chi connectivity index (χ2n) is 3.13. The maximum Gasteiger partial charge on any atom is 0.310 e. The fraction of sp³-hybridized carbons (Fsp3) is 0.333. The molecule has 16 heavy (non-hydrogen) atoms. The molecule has 0 aliphatic heterocycles. The van der Waals surface area contributed by atoms with Crippen LogP contribution >= 0.6 is 0 Å². The molecule has 0 aliphatic rings. The van der Waals surface area contributed by atoms with Crippen molar-refractivity contribution in [1.82, 2.24) is 10.3 Å².